The van der Waals surface area contributed by atoms with Crippen molar-refractivity contribution in [3.63, 3.8) is 0 Å². The van der Waals surface area contributed by atoms with Gasteiger partial charge in [0, 0.05) is 0 Å². The Labute approximate surface area is 64.6 Å². The topological polar surface area (TPSA) is 15.3 Å². The minimum absolute atomic E-state index is 0.125. The lowest BCUT2D eigenvalue weighted by molar-refractivity contribution is 0.0850. The monoisotopic (exact) mass is 144 g/mol. The van der Waals surface area contributed by atoms with E-state index >= 15 is 0 Å². The van der Waals surface area contributed by atoms with Gasteiger partial charge in [0.1, 0.15) is 0 Å². The Morgan fingerprint density at radius 2 is 1.70 bits per heavy atom. The zero-order valence-corrected chi connectivity index (χ0v) is 8.02. The number of hydrogen-bond donors (Lipinski definition) is 1. The molecule has 0 aromatic rings. The van der Waals surface area contributed by atoms with E-state index in [1.165, 1.54) is 0 Å². The predicted molar refractivity (Wildman–Crippen MR) is 46.0 cm³/mol. The molecular weight excluding hydrogens is 124 g/mol. The van der Waals surface area contributed by atoms with Crippen molar-refractivity contribution in [1.29, 1.82) is 0 Å². The molecule has 1 N–H and O–H groups in total. The maximum atomic E-state index is 3.30. The highest BCUT2D eigenvalue weighted by atomic mass is 15.3. The number of nitrogens with zero attached hydrogens (tertiary/aromatic N) is 1. The summed E-state index contributed by atoms with van der Waals surface area (Å²) in [6.45, 7) is 6.64. The summed E-state index contributed by atoms with van der Waals surface area (Å²) >= 11 is 0. The van der Waals surface area contributed by atoms with Gasteiger partial charge in [0.05, 0.1) is 5.66 Å². The van der Waals surface area contributed by atoms with E-state index < -0.39 is 0 Å². The van der Waals surface area contributed by atoms with Crippen molar-refractivity contribution in [3.05, 3.63) is 0 Å². The van der Waals surface area contributed by atoms with E-state index in [-0.39, 0.29) is 5.66 Å². The number of hydrogen-bond acceptors (Lipinski definition) is 2. The fraction of sp³-hybridized carbons (Fsp3) is 1.00. The fourth-order valence-electron chi connectivity index (χ4n) is 1.03. The van der Waals surface area contributed by atoms with Gasteiger partial charge in [-0.05, 0) is 34.0 Å². The lowest BCUT2D eigenvalue weighted by atomic mass is 9.97. The Morgan fingerprint density at radius 3 is 1.70 bits per heavy atom. The zero-order valence-electron chi connectivity index (χ0n) is 8.02. The normalized spacial score (nSPS) is 18.0. The first-order chi connectivity index (χ1) is 4.45. The Kier molecular flexibility index (Phi) is 3.33. The minimum atomic E-state index is 0.125. The van der Waals surface area contributed by atoms with Crippen LogP contribution in [0.25, 0.3) is 0 Å². The first kappa shape index (κ1) is 9.92. The lowest BCUT2D eigenvalue weighted by Gasteiger charge is -2.40. The fourth-order valence-corrected chi connectivity index (χ4v) is 1.03. The summed E-state index contributed by atoms with van der Waals surface area (Å²) in [4.78, 5) is 2.21. The van der Waals surface area contributed by atoms with Crippen LogP contribution in [-0.2, 0) is 0 Å². The molecule has 1 atom stereocenters. The molecule has 0 spiro atoms. The van der Waals surface area contributed by atoms with E-state index in [0.717, 1.165) is 0 Å². The Morgan fingerprint density at radius 1 is 1.30 bits per heavy atom. The van der Waals surface area contributed by atoms with Crippen LogP contribution in [0.2, 0.25) is 0 Å². The van der Waals surface area contributed by atoms with Crippen LogP contribution < -0.4 is 5.32 Å². The van der Waals surface area contributed by atoms with E-state index in [1.54, 1.807) is 0 Å². The lowest BCUT2D eigenvalue weighted by Crippen LogP contribution is -2.55. The molecule has 0 amide bonds. The number of nitrogens with one attached hydrogen (secondary N) is 1. The Hall–Kier alpha value is -0.0800. The highest BCUT2D eigenvalue weighted by molar-refractivity contribution is 4.81. The molecule has 0 heterocycles. The molecule has 0 saturated heterocycles. The molecule has 2 heteroatoms. The molecule has 0 aromatic heterocycles. The second kappa shape index (κ2) is 3.35. The zero-order chi connectivity index (χ0) is 8.36. The van der Waals surface area contributed by atoms with Crippen LogP contribution in [0.1, 0.15) is 20.8 Å². The maximum Gasteiger partial charge on any atom is 0.0699 e. The van der Waals surface area contributed by atoms with Crippen LogP contribution in [0.3, 0.4) is 0 Å². The van der Waals surface area contributed by atoms with Gasteiger partial charge in [0.25, 0.3) is 0 Å². The van der Waals surface area contributed by atoms with Gasteiger partial charge in [-0.15, -0.1) is 0 Å². The second-order valence-corrected chi connectivity index (χ2v) is 3.45. The first-order valence-electron chi connectivity index (χ1n) is 3.81. The summed E-state index contributed by atoms with van der Waals surface area (Å²) in [5.41, 5.74) is 0.125. The molecule has 62 valence electrons. The highest BCUT2D eigenvalue weighted by Gasteiger charge is 2.27. The molecule has 0 aliphatic carbocycles. The van der Waals surface area contributed by atoms with Crippen LogP contribution in [0.15, 0.2) is 0 Å². The van der Waals surface area contributed by atoms with Crippen molar-refractivity contribution in [3.8, 4) is 0 Å². The molecule has 10 heavy (non-hydrogen) atoms. The molecule has 0 aromatic carbocycles. The van der Waals surface area contributed by atoms with Gasteiger partial charge < -0.3 is 5.32 Å². The first-order valence-corrected chi connectivity index (χ1v) is 3.81. The van der Waals surface area contributed by atoms with Gasteiger partial charge in [0.15, 0.2) is 0 Å². The van der Waals surface area contributed by atoms with Gasteiger partial charge in [-0.25, -0.2) is 0 Å². The van der Waals surface area contributed by atoms with Crippen molar-refractivity contribution >= 4 is 0 Å². The molecule has 1 unspecified atom stereocenters. The quantitative estimate of drug-likeness (QED) is 0.598. The van der Waals surface area contributed by atoms with E-state index in [4.69, 9.17) is 0 Å². The van der Waals surface area contributed by atoms with E-state index in [2.05, 4.69) is 45.1 Å². The van der Waals surface area contributed by atoms with Crippen molar-refractivity contribution in [2.75, 3.05) is 21.1 Å². The molecular formula is C8H20N2. The van der Waals surface area contributed by atoms with Gasteiger partial charge in [-0.1, -0.05) is 13.8 Å². The molecule has 0 bridgehead atoms. The van der Waals surface area contributed by atoms with Crippen molar-refractivity contribution in [2.45, 2.75) is 26.4 Å². The van der Waals surface area contributed by atoms with Crippen LogP contribution in [0, 0.1) is 5.92 Å². The smallest absolute Gasteiger partial charge is 0.0699 e. The van der Waals surface area contributed by atoms with Gasteiger partial charge in [0.2, 0.25) is 0 Å². The summed E-state index contributed by atoms with van der Waals surface area (Å²) in [6, 6.07) is 0. The van der Waals surface area contributed by atoms with Crippen molar-refractivity contribution in [2.24, 2.45) is 5.92 Å². The summed E-state index contributed by atoms with van der Waals surface area (Å²) in [5.74, 6) is 0.618. The van der Waals surface area contributed by atoms with Gasteiger partial charge >= 0.3 is 0 Å². The average molecular weight is 144 g/mol. The van der Waals surface area contributed by atoms with Crippen molar-refractivity contribution in [1.82, 2.24) is 10.2 Å². The Balaban J connectivity index is 4.23. The van der Waals surface area contributed by atoms with Crippen LogP contribution in [-0.4, -0.2) is 31.7 Å². The Bertz CT molecular complexity index is 89.4. The van der Waals surface area contributed by atoms with Crippen LogP contribution >= 0.6 is 0 Å². The highest BCUT2D eigenvalue weighted by Crippen LogP contribution is 2.17. The predicted octanol–water partition coefficient (Wildman–Crippen LogP) is 1.14. The standard InChI is InChI=1S/C8H20N2/c1-7(2)8(3,9-4)10(5)6/h7,9H,1-6H3. The summed E-state index contributed by atoms with van der Waals surface area (Å²) in [5, 5.41) is 3.30. The third kappa shape index (κ3) is 1.70. The molecule has 2 nitrogen and oxygen atoms in total. The van der Waals surface area contributed by atoms with Crippen molar-refractivity contribution < 1.29 is 0 Å². The van der Waals surface area contributed by atoms with E-state index in [9.17, 15) is 0 Å². The van der Waals surface area contributed by atoms with Gasteiger partial charge in [-0.2, -0.15) is 0 Å². The third-order valence-electron chi connectivity index (χ3n) is 2.56. The van der Waals surface area contributed by atoms with E-state index in [0.29, 0.717) is 5.92 Å². The average Bonchev–Trinajstić information content (AvgIpc) is 1.85. The molecule has 0 aliphatic heterocycles. The van der Waals surface area contributed by atoms with E-state index in [1.807, 2.05) is 7.05 Å². The molecule has 0 radical (unpaired) electrons. The second-order valence-electron chi connectivity index (χ2n) is 3.45. The molecule has 0 fully saturated rings. The summed E-state index contributed by atoms with van der Waals surface area (Å²) < 4.78 is 0. The number of rotatable bonds is 3. The molecule has 0 aliphatic rings. The minimum Gasteiger partial charge on any atom is -0.302 e. The molecule has 0 saturated carbocycles. The largest absolute Gasteiger partial charge is 0.302 e. The SMILES string of the molecule is CNC(C)(C(C)C)N(C)C. The van der Waals surface area contributed by atoms with Crippen LogP contribution in [0.4, 0.5) is 0 Å². The van der Waals surface area contributed by atoms with Crippen LogP contribution in [0.5, 0.6) is 0 Å². The summed E-state index contributed by atoms with van der Waals surface area (Å²) in [6.07, 6.45) is 0. The van der Waals surface area contributed by atoms with Gasteiger partial charge in [-0.3, -0.25) is 4.90 Å². The molecule has 0 rings (SSSR count). The third-order valence-corrected chi connectivity index (χ3v) is 2.56. The maximum absolute atomic E-state index is 3.30. The summed E-state index contributed by atoms with van der Waals surface area (Å²) in [7, 11) is 6.19.